The van der Waals surface area contributed by atoms with Crippen LogP contribution in [0, 0.1) is 0 Å². The number of anilines is 1. The number of nitrogens with one attached hydrogen (secondary N) is 1. The summed E-state index contributed by atoms with van der Waals surface area (Å²) in [5.74, 6) is -0.458. The predicted molar refractivity (Wildman–Crippen MR) is 93.8 cm³/mol. The monoisotopic (exact) mass is 373 g/mol. The summed E-state index contributed by atoms with van der Waals surface area (Å²) < 4.78 is 1.60. The Morgan fingerprint density at radius 1 is 1.38 bits per heavy atom. The number of fused-ring (bicyclic) bond motifs is 1. The van der Waals surface area contributed by atoms with Gasteiger partial charge in [-0.25, -0.2) is 9.78 Å². The van der Waals surface area contributed by atoms with Crippen molar-refractivity contribution >= 4 is 47.0 Å². The second-order valence-electron chi connectivity index (χ2n) is 5.20. The third-order valence-corrected chi connectivity index (χ3v) is 3.93. The van der Waals surface area contributed by atoms with Crippen LogP contribution in [0.1, 0.15) is 10.4 Å². The molecule has 2 N–H and O–H groups in total. The minimum atomic E-state index is -1.27. The van der Waals surface area contributed by atoms with Crippen molar-refractivity contribution in [1.82, 2.24) is 19.9 Å². The number of hydrogen-bond donors (Lipinski definition) is 2. The van der Waals surface area contributed by atoms with Crippen molar-refractivity contribution in [3.05, 3.63) is 28.2 Å². The van der Waals surface area contributed by atoms with Crippen molar-refractivity contribution < 1.29 is 9.90 Å². The van der Waals surface area contributed by atoms with Crippen LogP contribution in [0.15, 0.2) is 17.2 Å². The van der Waals surface area contributed by atoms with Gasteiger partial charge in [0.2, 0.25) is 11.4 Å². The number of carboxylic acids is 1. The molecule has 0 unspecified atom stereocenters. The molecule has 130 valence electrons. The fraction of sp³-hybridized carbons (Fsp3) is 0.429. The van der Waals surface area contributed by atoms with Crippen LogP contribution in [0.3, 0.4) is 0 Å². The highest BCUT2D eigenvalue weighted by molar-refractivity contribution is 6.17. The summed E-state index contributed by atoms with van der Waals surface area (Å²) >= 11 is 5.79. The van der Waals surface area contributed by atoms with Crippen LogP contribution in [0.25, 0.3) is 11.0 Å². The molecule has 0 aromatic carbocycles. The van der Waals surface area contributed by atoms with Crippen LogP contribution in [0.5, 0.6) is 0 Å². The highest BCUT2D eigenvalue weighted by Gasteiger charge is 2.18. The Balaban J connectivity index is 0.00000208. The Kier molecular flexibility index (Phi) is 5.98. The van der Waals surface area contributed by atoms with Crippen molar-refractivity contribution in [1.29, 1.82) is 0 Å². The lowest BCUT2D eigenvalue weighted by atomic mass is 10.2. The predicted octanol–water partition coefficient (Wildman–Crippen LogP) is 0.560. The van der Waals surface area contributed by atoms with E-state index < -0.39 is 11.4 Å². The van der Waals surface area contributed by atoms with Gasteiger partial charge in [-0.2, -0.15) is 4.98 Å². The number of nitrogens with zero attached hydrogens (tertiary/aromatic N) is 4. The van der Waals surface area contributed by atoms with Gasteiger partial charge in [0, 0.05) is 51.0 Å². The Morgan fingerprint density at radius 2 is 2.08 bits per heavy atom. The Labute approximate surface area is 148 Å². The molecule has 1 aliphatic rings. The first kappa shape index (κ1) is 18.4. The van der Waals surface area contributed by atoms with Gasteiger partial charge in [-0.1, -0.05) is 0 Å². The number of aromatic carboxylic acids is 1. The van der Waals surface area contributed by atoms with E-state index >= 15 is 0 Å². The van der Waals surface area contributed by atoms with E-state index in [1.807, 2.05) is 4.90 Å². The van der Waals surface area contributed by atoms with Gasteiger partial charge in [0.25, 0.3) is 0 Å². The van der Waals surface area contributed by atoms with E-state index in [1.54, 1.807) is 4.57 Å². The first-order valence-corrected chi connectivity index (χ1v) is 7.80. The van der Waals surface area contributed by atoms with E-state index in [0.29, 0.717) is 18.1 Å². The lowest BCUT2D eigenvalue weighted by Gasteiger charge is -2.27. The van der Waals surface area contributed by atoms with Crippen molar-refractivity contribution in [2.45, 2.75) is 6.54 Å². The van der Waals surface area contributed by atoms with Gasteiger partial charge in [-0.15, -0.1) is 24.0 Å². The van der Waals surface area contributed by atoms with E-state index in [-0.39, 0.29) is 29.2 Å². The third-order valence-electron chi connectivity index (χ3n) is 3.76. The van der Waals surface area contributed by atoms with Crippen molar-refractivity contribution in [2.75, 3.05) is 37.0 Å². The lowest BCUT2D eigenvalue weighted by Crippen LogP contribution is -2.44. The van der Waals surface area contributed by atoms with Crippen LogP contribution in [-0.2, 0) is 6.54 Å². The maximum Gasteiger partial charge on any atom is 0.341 e. The summed E-state index contributed by atoms with van der Waals surface area (Å²) in [4.78, 5) is 34.3. The van der Waals surface area contributed by atoms with Gasteiger partial charge in [0.05, 0.1) is 5.39 Å². The van der Waals surface area contributed by atoms with Gasteiger partial charge in [-0.3, -0.25) is 4.79 Å². The highest BCUT2D eigenvalue weighted by atomic mass is 35.5. The Hall–Kier alpha value is -1.90. The number of alkyl halides is 1. The lowest BCUT2D eigenvalue weighted by molar-refractivity contribution is 0.0695. The molecule has 0 saturated carbocycles. The molecule has 8 nitrogen and oxygen atoms in total. The average molecular weight is 374 g/mol. The molecule has 3 rings (SSSR count). The topological polar surface area (TPSA) is 100 Å². The number of halogens is 2. The molecule has 0 spiro atoms. The minimum absolute atomic E-state index is 0. The molecular formula is C14H17Cl2N5O3. The zero-order valence-electron chi connectivity index (χ0n) is 12.7. The molecule has 1 fully saturated rings. The van der Waals surface area contributed by atoms with E-state index in [9.17, 15) is 14.7 Å². The van der Waals surface area contributed by atoms with Gasteiger partial charge in [0.15, 0.2) is 0 Å². The standard InChI is InChI=1S/C14H16ClN5O3.ClH/c15-1-4-20-8-10(13(22)23)11(21)9-7-17-14(18-12(9)20)19-5-2-16-3-6-19;/h7-8,16H,1-6H2,(H,22,23);1H. The fourth-order valence-corrected chi connectivity index (χ4v) is 2.78. The first-order valence-electron chi connectivity index (χ1n) is 7.27. The molecule has 0 radical (unpaired) electrons. The summed E-state index contributed by atoms with van der Waals surface area (Å²) in [7, 11) is 0. The second kappa shape index (κ2) is 7.78. The maximum atomic E-state index is 12.3. The van der Waals surface area contributed by atoms with E-state index in [0.717, 1.165) is 26.2 Å². The van der Waals surface area contributed by atoms with Crippen LogP contribution in [0.2, 0.25) is 0 Å². The Morgan fingerprint density at radius 3 is 2.71 bits per heavy atom. The molecule has 10 heteroatoms. The molecular weight excluding hydrogens is 357 g/mol. The summed E-state index contributed by atoms with van der Waals surface area (Å²) in [5.41, 5.74) is -0.476. The van der Waals surface area contributed by atoms with Crippen molar-refractivity contribution in [3.63, 3.8) is 0 Å². The van der Waals surface area contributed by atoms with E-state index in [2.05, 4.69) is 15.3 Å². The number of carboxylic acid groups (broad SMARTS) is 1. The normalized spacial score (nSPS) is 14.5. The molecule has 3 heterocycles. The van der Waals surface area contributed by atoms with Crippen molar-refractivity contribution in [3.8, 4) is 0 Å². The number of rotatable bonds is 4. The van der Waals surface area contributed by atoms with Crippen LogP contribution < -0.4 is 15.6 Å². The first-order chi connectivity index (χ1) is 11.1. The number of carbonyl (C=O) groups is 1. The zero-order chi connectivity index (χ0) is 16.4. The summed E-state index contributed by atoms with van der Waals surface area (Å²) in [5, 5.41) is 12.6. The zero-order valence-corrected chi connectivity index (χ0v) is 14.3. The van der Waals surface area contributed by atoms with Crippen LogP contribution >= 0.6 is 24.0 Å². The highest BCUT2D eigenvalue weighted by Crippen LogP contribution is 2.15. The summed E-state index contributed by atoms with van der Waals surface area (Å²) in [6, 6.07) is 0. The second-order valence-corrected chi connectivity index (χ2v) is 5.58. The molecule has 0 amide bonds. The number of pyridine rings is 1. The van der Waals surface area contributed by atoms with Gasteiger partial charge >= 0.3 is 5.97 Å². The van der Waals surface area contributed by atoms with Crippen LogP contribution in [-0.4, -0.2) is 57.7 Å². The molecule has 2 aromatic rings. The smallest absolute Gasteiger partial charge is 0.341 e. The fourth-order valence-electron chi connectivity index (χ4n) is 2.59. The Bertz CT molecular complexity index is 805. The summed E-state index contributed by atoms with van der Waals surface area (Å²) in [6.45, 7) is 3.59. The number of hydrogen-bond acceptors (Lipinski definition) is 6. The number of aryl methyl sites for hydroxylation is 1. The molecule has 2 aromatic heterocycles. The van der Waals surface area contributed by atoms with Gasteiger partial charge in [-0.05, 0) is 0 Å². The van der Waals surface area contributed by atoms with E-state index in [1.165, 1.54) is 12.4 Å². The number of aromatic nitrogens is 3. The molecule has 0 aliphatic carbocycles. The van der Waals surface area contributed by atoms with Crippen LogP contribution in [0.4, 0.5) is 5.95 Å². The quantitative estimate of drug-likeness (QED) is 0.755. The van der Waals surface area contributed by atoms with Crippen molar-refractivity contribution in [2.24, 2.45) is 0 Å². The minimum Gasteiger partial charge on any atom is -0.477 e. The molecule has 0 atom stereocenters. The average Bonchev–Trinajstić information content (AvgIpc) is 2.57. The molecule has 1 saturated heterocycles. The van der Waals surface area contributed by atoms with Gasteiger partial charge < -0.3 is 19.9 Å². The third kappa shape index (κ3) is 3.45. The largest absolute Gasteiger partial charge is 0.477 e. The molecule has 24 heavy (non-hydrogen) atoms. The van der Waals surface area contributed by atoms with E-state index in [4.69, 9.17) is 11.6 Å². The summed E-state index contributed by atoms with van der Waals surface area (Å²) in [6.07, 6.45) is 2.70. The molecule has 0 bridgehead atoms. The maximum absolute atomic E-state index is 12.3. The molecule has 1 aliphatic heterocycles. The SMILES string of the molecule is Cl.O=C(O)c1cn(CCCl)c2nc(N3CCNCC3)ncc2c1=O. The number of piperazine rings is 1. The van der Waals surface area contributed by atoms with Gasteiger partial charge in [0.1, 0.15) is 11.2 Å².